The number of thioether (sulfide) groups is 1. The van der Waals surface area contributed by atoms with E-state index in [-0.39, 0.29) is 17.4 Å². The molecule has 0 aromatic heterocycles. The Kier molecular flexibility index (Phi) is 5.47. The number of anilines is 1. The second-order valence-electron chi connectivity index (χ2n) is 6.85. The van der Waals surface area contributed by atoms with Crippen molar-refractivity contribution in [2.45, 2.75) is 20.0 Å². The van der Waals surface area contributed by atoms with Gasteiger partial charge in [0, 0.05) is 28.1 Å². The predicted molar refractivity (Wildman–Crippen MR) is 120 cm³/mol. The molecule has 148 valence electrons. The molecule has 2 aliphatic rings. The van der Waals surface area contributed by atoms with Gasteiger partial charge in [0.1, 0.15) is 0 Å². The van der Waals surface area contributed by atoms with Crippen molar-refractivity contribution in [3.63, 3.8) is 0 Å². The summed E-state index contributed by atoms with van der Waals surface area (Å²) < 4.78 is 0.950. The predicted octanol–water partition coefficient (Wildman–Crippen LogP) is 4.00. The van der Waals surface area contributed by atoms with E-state index < -0.39 is 6.17 Å². The van der Waals surface area contributed by atoms with Crippen molar-refractivity contribution in [1.29, 1.82) is 0 Å². The molecule has 1 atom stereocenters. The molecule has 1 N–H and O–H groups in total. The molecular formula is C21H19BrN4O2S. The Balaban J connectivity index is 1.44. The summed E-state index contributed by atoms with van der Waals surface area (Å²) in [6.45, 7) is 3.95. The third-order valence-electron chi connectivity index (χ3n) is 4.75. The molecular weight excluding hydrogens is 452 g/mol. The van der Waals surface area contributed by atoms with Crippen LogP contribution in [-0.4, -0.2) is 33.7 Å². The number of nitrogens with one attached hydrogen (secondary N) is 1. The minimum absolute atomic E-state index is 0.0439. The van der Waals surface area contributed by atoms with Crippen LogP contribution in [-0.2, 0) is 4.79 Å². The molecule has 0 aliphatic carbocycles. The molecule has 0 fully saturated rings. The lowest BCUT2D eigenvalue weighted by atomic mass is 10.0. The zero-order valence-electron chi connectivity index (χ0n) is 15.9. The number of aryl methyl sites for hydroxylation is 2. The molecule has 8 heteroatoms. The normalized spacial score (nSPS) is 17.8. The number of halogens is 1. The standard InChI is InChI=1S/C21H19BrN4O2S/c1-13-3-8-17(14(2)11-13)18(27)12-29-21-24-23-19-20(28)25(9-10-26(19)21)16-6-4-15(22)5-7-16/h3-11,19,23H,12H2,1-2H3. The van der Waals surface area contributed by atoms with E-state index in [0.717, 1.165) is 26.9 Å². The Bertz CT molecular complexity index is 1040. The summed E-state index contributed by atoms with van der Waals surface area (Å²) in [5.74, 6) is 0.170. The van der Waals surface area contributed by atoms with Gasteiger partial charge in [-0.1, -0.05) is 51.5 Å². The minimum atomic E-state index is -0.609. The van der Waals surface area contributed by atoms with Gasteiger partial charge in [0.2, 0.25) is 6.17 Å². The van der Waals surface area contributed by atoms with Crippen molar-refractivity contribution in [3.05, 3.63) is 76.0 Å². The molecule has 0 spiro atoms. The van der Waals surface area contributed by atoms with Crippen molar-refractivity contribution < 1.29 is 9.59 Å². The van der Waals surface area contributed by atoms with Crippen LogP contribution in [0.2, 0.25) is 0 Å². The highest BCUT2D eigenvalue weighted by molar-refractivity contribution is 9.10. The molecule has 2 aliphatic heterocycles. The lowest BCUT2D eigenvalue weighted by Crippen LogP contribution is -2.52. The zero-order chi connectivity index (χ0) is 20.5. The first-order valence-corrected chi connectivity index (χ1v) is 10.8. The number of benzene rings is 2. The van der Waals surface area contributed by atoms with Crippen molar-refractivity contribution in [1.82, 2.24) is 10.3 Å². The highest BCUT2D eigenvalue weighted by Crippen LogP contribution is 2.27. The fourth-order valence-electron chi connectivity index (χ4n) is 3.27. The van der Waals surface area contributed by atoms with Crippen LogP contribution >= 0.6 is 27.7 Å². The monoisotopic (exact) mass is 470 g/mol. The number of fused-ring (bicyclic) bond motifs is 1. The number of ketones is 1. The summed E-state index contributed by atoms with van der Waals surface area (Å²) in [4.78, 5) is 28.8. The van der Waals surface area contributed by atoms with Gasteiger partial charge in [-0.25, -0.2) is 0 Å². The summed E-state index contributed by atoms with van der Waals surface area (Å²) in [7, 11) is 0. The number of Topliss-reactive ketones (excluding diaryl/α,β-unsaturated/α-hetero) is 1. The highest BCUT2D eigenvalue weighted by atomic mass is 79.9. The van der Waals surface area contributed by atoms with Gasteiger partial charge in [0.05, 0.1) is 5.75 Å². The smallest absolute Gasteiger partial charge is 0.276 e. The minimum Gasteiger partial charge on any atom is -0.294 e. The molecule has 2 heterocycles. The largest absolute Gasteiger partial charge is 0.294 e. The number of hydrazone groups is 1. The summed E-state index contributed by atoms with van der Waals surface area (Å²) in [6, 6.07) is 13.3. The number of carbonyl (C=O) groups excluding carboxylic acids is 2. The first-order chi connectivity index (χ1) is 13.9. The number of nitrogens with zero attached hydrogens (tertiary/aromatic N) is 3. The molecule has 29 heavy (non-hydrogen) atoms. The molecule has 0 bridgehead atoms. The second-order valence-corrected chi connectivity index (χ2v) is 8.70. The van der Waals surface area contributed by atoms with Crippen LogP contribution in [0.15, 0.2) is 64.4 Å². The van der Waals surface area contributed by atoms with E-state index in [4.69, 9.17) is 0 Å². The van der Waals surface area contributed by atoms with Crippen molar-refractivity contribution in [2.24, 2.45) is 5.10 Å². The summed E-state index contributed by atoms with van der Waals surface area (Å²) in [5.41, 5.74) is 6.48. The van der Waals surface area contributed by atoms with Crippen LogP contribution in [0, 0.1) is 13.8 Å². The molecule has 0 radical (unpaired) electrons. The number of hydrogen-bond acceptors (Lipinski definition) is 6. The highest BCUT2D eigenvalue weighted by Gasteiger charge is 2.38. The van der Waals surface area contributed by atoms with Gasteiger partial charge in [-0.2, -0.15) is 5.10 Å². The quantitative estimate of drug-likeness (QED) is 0.683. The number of rotatable bonds is 4. The van der Waals surface area contributed by atoms with Crippen LogP contribution in [0.4, 0.5) is 5.69 Å². The van der Waals surface area contributed by atoms with Gasteiger partial charge in [-0.15, -0.1) is 0 Å². The van der Waals surface area contributed by atoms with E-state index in [0.29, 0.717) is 5.17 Å². The molecule has 2 aromatic carbocycles. The van der Waals surface area contributed by atoms with Crippen molar-refractivity contribution in [3.8, 4) is 0 Å². The number of amides is 1. The Morgan fingerprint density at radius 3 is 2.66 bits per heavy atom. The topological polar surface area (TPSA) is 65.0 Å². The van der Waals surface area contributed by atoms with Gasteiger partial charge in [-0.05, 0) is 43.7 Å². The molecule has 4 rings (SSSR count). The van der Waals surface area contributed by atoms with Crippen LogP contribution in [0.1, 0.15) is 21.5 Å². The zero-order valence-corrected chi connectivity index (χ0v) is 18.3. The van der Waals surface area contributed by atoms with Gasteiger partial charge in [-0.3, -0.25) is 24.8 Å². The maximum atomic E-state index is 12.9. The fourth-order valence-corrected chi connectivity index (χ4v) is 4.38. The average molecular weight is 471 g/mol. The maximum Gasteiger partial charge on any atom is 0.276 e. The van der Waals surface area contributed by atoms with E-state index in [1.165, 1.54) is 11.8 Å². The summed E-state index contributed by atoms with van der Waals surface area (Å²) >= 11 is 4.72. The Hall–Kier alpha value is -2.58. The average Bonchev–Trinajstić information content (AvgIpc) is 3.11. The van der Waals surface area contributed by atoms with E-state index >= 15 is 0 Å². The fraction of sp³-hybridized carbons (Fsp3) is 0.190. The van der Waals surface area contributed by atoms with Gasteiger partial charge >= 0.3 is 0 Å². The Morgan fingerprint density at radius 2 is 1.93 bits per heavy atom. The number of amidine groups is 1. The SMILES string of the molecule is Cc1ccc(C(=O)CSC2=NNC3C(=O)N(c4ccc(Br)cc4)C=CN23)c(C)c1. The maximum absolute atomic E-state index is 12.9. The van der Waals surface area contributed by atoms with Gasteiger partial charge in [0.15, 0.2) is 11.0 Å². The third-order valence-corrected chi connectivity index (χ3v) is 6.24. The number of hydrogen-bond donors (Lipinski definition) is 1. The van der Waals surface area contributed by atoms with E-state index in [1.807, 2.05) is 62.5 Å². The summed E-state index contributed by atoms with van der Waals surface area (Å²) in [6.07, 6.45) is 2.92. The molecule has 1 unspecified atom stereocenters. The van der Waals surface area contributed by atoms with Crippen molar-refractivity contribution in [2.75, 3.05) is 10.7 Å². The van der Waals surface area contributed by atoms with E-state index in [9.17, 15) is 9.59 Å². The molecule has 0 saturated heterocycles. The molecule has 1 amide bonds. The van der Waals surface area contributed by atoms with Crippen LogP contribution in [0.25, 0.3) is 0 Å². The molecule has 2 aromatic rings. The van der Waals surface area contributed by atoms with Crippen LogP contribution < -0.4 is 10.3 Å². The third kappa shape index (κ3) is 3.95. The first-order valence-electron chi connectivity index (χ1n) is 9.06. The molecule has 0 saturated carbocycles. The Labute approximate surface area is 181 Å². The lowest BCUT2D eigenvalue weighted by Gasteiger charge is -2.31. The Morgan fingerprint density at radius 1 is 1.17 bits per heavy atom. The van der Waals surface area contributed by atoms with Crippen LogP contribution in [0.3, 0.4) is 0 Å². The van der Waals surface area contributed by atoms with Gasteiger partial charge in [0.25, 0.3) is 5.91 Å². The second kappa shape index (κ2) is 8.04. The van der Waals surface area contributed by atoms with Crippen LogP contribution in [0.5, 0.6) is 0 Å². The first kappa shape index (κ1) is 19.7. The lowest BCUT2D eigenvalue weighted by molar-refractivity contribution is -0.122. The number of carbonyl (C=O) groups is 2. The molecule has 6 nitrogen and oxygen atoms in total. The van der Waals surface area contributed by atoms with Gasteiger partial charge < -0.3 is 0 Å². The van der Waals surface area contributed by atoms with Crippen molar-refractivity contribution >= 4 is 50.2 Å². The summed E-state index contributed by atoms with van der Waals surface area (Å²) in [5, 5.41) is 4.88. The van der Waals surface area contributed by atoms with E-state index in [1.54, 1.807) is 16.0 Å². The van der Waals surface area contributed by atoms with E-state index in [2.05, 4.69) is 26.5 Å².